The van der Waals surface area contributed by atoms with Crippen LogP contribution in [0.4, 0.5) is 0 Å². The fraction of sp³-hybridized carbons (Fsp3) is 0.0233. The van der Waals surface area contributed by atoms with E-state index in [1.165, 1.54) is 37.4 Å². The molecule has 0 aliphatic rings. The van der Waals surface area contributed by atoms with E-state index in [4.69, 9.17) is 0 Å². The molecule has 0 aliphatic heterocycles. The molecule has 0 bridgehead atoms. The van der Waals surface area contributed by atoms with Crippen molar-refractivity contribution in [3.05, 3.63) is 220 Å². The van der Waals surface area contributed by atoms with Crippen LogP contribution in [-0.4, -0.2) is 4.98 Å². The summed E-state index contributed by atoms with van der Waals surface area (Å²) in [6.45, 7) is 2.04. The van der Waals surface area contributed by atoms with Crippen molar-refractivity contribution in [3.63, 3.8) is 0 Å². The summed E-state index contributed by atoms with van der Waals surface area (Å²) in [4.78, 5) is 3.85. The number of pyridine rings is 1. The molecule has 0 unspecified atom stereocenters. The van der Waals surface area contributed by atoms with Gasteiger partial charge in [-0.3, -0.25) is 4.98 Å². The number of aryl methyl sites for hydroxylation is 1. The molecule has 0 aliphatic carbocycles. The second kappa shape index (κ2) is 20.9. The predicted molar refractivity (Wildman–Crippen MR) is 208 cm³/mol. The van der Waals surface area contributed by atoms with Crippen molar-refractivity contribution < 1.29 is 17.1 Å². The number of rotatable bonds is 6. The summed E-state index contributed by atoms with van der Waals surface area (Å²) in [5, 5.41) is 8.61. The summed E-state index contributed by atoms with van der Waals surface area (Å²) in [5.74, 6) is 0. The summed E-state index contributed by atoms with van der Waals surface area (Å²) in [6.07, 6.45) is 3.57. The topological polar surface area (TPSA) is 12.9 Å². The van der Waals surface area contributed by atoms with Crippen molar-refractivity contribution in [3.8, 4) is 0 Å². The fourth-order valence-corrected chi connectivity index (χ4v) is 10.2. The Bertz CT molecular complexity index is 1470. The first kappa shape index (κ1) is 37.3. The first-order valence-corrected chi connectivity index (χ1v) is 18.2. The van der Waals surface area contributed by atoms with Gasteiger partial charge >= 0.3 is 17.1 Å². The zero-order valence-electron chi connectivity index (χ0n) is 26.9. The molecule has 0 fully saturated rings. The van der Waals surface area contributed by atoms with Crippen LogP contribution in [-0.2, 0) is 17.1 Å². The average molecular weight is 698 g/mol. The predicted octanol–water partition coefficient (Wildman–Crippen LogP) is 8.19. The van der Waals surface area contributed by atoms with E-state index in [9.17, 15) is 0 Å². The third kappa shape index (κ3) is 11.6. The van der Waals surface area contributed by atoms with Gasteiger partial charge in [0.1, 0.15) is 31.8 Å². The minimum Gasteiger partial charge on any atom is -0.358 e. The SMILES string of the molecule is Cc1ccncc1.[CH3-].[Cu+].c1ccc([PH+](c2ccccc2)c2ccccc2)cc1.c1ccc([PH+](c2ccccc2)c2ccccc2)cc1. The van der Waals surface area contributed by atoms with E-state index < -0.39 is 15.8 Å². The second-order valence-electron chi connectivity index (χ2n) is 10.5. The first-order chi connectivity index (χ1) is 22.3. The van der Waals surface area contributed by atoms with Crippen LogP contribution < -0.4 is 31.8 Å². The van der Waals surface area contributed by atoms with Gasteiger partial charge in [-0.1, -0.05) is 109 Å². The van der Waals surface area contributed by atoms with E-state index in [-0.39, 0.29) is 24.5 Å². The van der Waals surface area contributed by atoms with Crippen molar-refractivity contribution >= 4 is 47.7 Å². The quantitative estimate of drug-likeness (QED) is 0.0971. The standard InChI is InChI=1S/2C18H15P.C6H7N.CH3.Cu/c2*1-4-10-16(11-5-1)19(17-12-6-2-7-13-17)18-14-8-3-9-15-18;1-6-2-4-7-5-3-6;;/h2*1-15H;2-5H,1H3;1H3;/q;;;-1;+1/p+2. The van der Waals surface area contributed by atoms with Gasteiger partial charge in [-0.2, -0.15) is 0 Å². The molecule has 0 amide bonds. The molecule has 1 aromatic heterocycles. The zero-order valence-corrected chi connectivity index (χ0v) is 29.8. The molecule has 0 saturated carbocycles. The molecule has 238 valence electrons. The third-order valence-electron chi connectivity index (χ3n) is 7.22. The average Bonchev–Trinajstić information content (AvgIpc) is 3.12. The summed E-state index contributed by atoms with van der Waals surface area (Å²) in [5.41, 5.74) is 1.26. The minimum atomic E-state index is -0.877. The van der Waals surface area contributed by atoms with Crippen LogP contribution in [0.2, 0.25) is 0 Å². The van der Waals surface area contributed by atoms with Crippen molar-refractivity contribution in [1.29, 1.82) is 0 Å². The van der Waals surface area contributed by atoms with Crippen LogP contribution in [0.5, 0.6) is 0 Å². The monoisotopic (exact) mass is 697 g/mol. The Morgan fingerprint density at radius 1 is 0.319 bits per heavy atom. The van der Waals surface area contributed by atoms with Crippen LogP contribution in [0.1, 0.15) is 5.56 Å². The maximum Gasteiger partial charge on any atom is 1.00 e. The summed E-state index contributed by atoms with van der Waals surface area (Å²) < 4.78 is 0. The van der Waals surface area contributed by atoms with E-state index >= 15 is 0 Å². The molecule has 7 rings (SSSR count). The Hall–Kier alpha value is -4.15. The molecule has 0 spiro atoms. The normalized spacial score (nSPS) is 9.85. The van der Waals surface area contributed by atoms with Gasteiger partial charge in [-0.05, 0) is 97.4 Å². The molecule has 0 N–H and O–H groups in total. The zero-order chi connectivity index (χ0) is 30.9. The van der Waals surface area contributed by atoms with E-state index in [0.29, 0.717) is 0 Å². The van der Waals surface area contributed by atoms with Gasteiger partial charge in [-0.15, -0.1) is 0 Å². The van der Waals surface area contributed by atoms with Crippen LogP contribution in [0.3, 0.4) is 0 Å². The van der Waals surface area contributed by atoms with Crippen LogP contribution in [0.15, 0.2) is 207 Å². The van der Waals surface area contributed by atoms with Crippen LogP contribution in [0, 0.1) is 14.4 Å². The molecule has 1 heterocycles. The minimum absolute atomic E-state index is 0. The van der Waals surface area contributed by atoms with Crippen molar-refractivity contribution in [2.45, 2.75) is 6.92 Å². The van der Waals surface area contributed by atoms with Gasteiger partial charge in [0.05, 0.1) is 15.8 Å². The Morgan fingerprint density at radius 3 is 0.660 bits per heavy atom. The number of hydrogen-bond acceptors (Lipinski definition) is 1. The number of aromatic nitrogens is 1. The largest absolute Gasteiger partial charge is 1.00 e. The van der Waals surface area contributed by atoms with Gasteiger partial charge in [0, 0.05) is 12.4 Å². The van der Waals surface area contributed by atoms with Crippen molar-refractivity contribution in [1.82, 2.24) is 4.98 Å². The Morgan fingerprint density at radius 2 is 0.511 bits per heavy atom. The first-order valence-electron chi connectivity index (χ1n) is 15.2. The fourth-order valence-electron chi connectivity index (χ4n) is 5.06. The number of benzene rings is 6. The van der Waals surface area contributed by atoms with Gasteiger partial charge in [0.25, 0.3) is 0 Å². The Kier molecular flexibility index (Phi) is 16.6. The van der Waals surface area contributed by atoms with Crippen LogP contribution in [0.25, 0.3) is 0 Å². The molecule has 0 saturated heterocycles. The molecule has 0 radical (unpaired) electrons. The molecule has 47 heavy (non-hydrogen) atoms. The molecule has 4 heteroatoms. The summed E-state index contributed by atoms with van der Waals surface area (Å²) >= 11 is 0. The van der Waals surface area contributed by atoms with Crippen molar-refractivity contribution in [2.75, 3.05) is 0 Å². The number of hydrogen-bond donors (Lipinski definition) is 0. The third-order valence-corrected chi connectivity index (χ3v) is 12.7. The molecule has 6 aromatic carbocycles. The van der Waals surface area contributed by atoms with E-state index in [1.54, 1.807) is 12.4 Å². The van der Waals surface area contributed by atoms with Gasteiger partial charge in [0.2, 0.25) is 0 Å². The molecule has 7 aromatic rings. The summed E-state index contributed by atoms with van der Waals surface area (Å²) in [6, 6.07) is 68.9. The van der Waals surface area contributed by atoms with Crippen molar-refractivity contribution in [2.24, 2.45) is 0 Å². The maximum absolute atomic E-state index is 3.85. The Balaban J connectivity index is 0.000000205. The van der Waals surface area contributed by atoms with E-state index in [0.717, 1.165) is 0 Å². The smallest absolute Gasteiger partial charge is 0.358 e. The van der Waals surface area contributed by atoms with E-state index in [1.807, 2.05) is 19.1 Å². The van der Waals surface area contributed by atoms with Crippen LogP contribution >= 0.6 is 15.8 Å². The molecular formula is C43H42CuNP2+2. The second-order valence-corrected chi connectivity index (χ2v) is 15.4. The van der Waals surface area contributed by atoms with Gasteiger partial charge in [0.15, 0.2) is 0 Å². The molecular weight excluding hydrogens is 656 g/mol. The van der Waals surface area contributed by atoms with Gasteiger partial charge in [-0.25, -0.2) is 0 Å². The molecule has 0 atom stereocenters. The Labute approximate surface area is 294 Å². The summed E-state index contributed by atoms with van der Waals surface area (Å²) in [7, 11) is -1.75. The maximum atomic E-state index is 3.85. The molecule has 1 nitrogen and oxygen atoms in total. The number of nitrogens with zero attached hydrogens (tertiary/aromatic N) is 1. The van der Waals surface area contributed by atoms with E-state index in [2.05, 4.69) is 187 Å². The van der Waals surface area contributed by atoms with Gasteiger partial charge < -0.3 is 7.43 Å².